The number of esters is 2. The van der Waals surface area contributed by atoms with Crippen molar-refractivity contribution >= 4 is 40.3 Å². The number of nitrogens with zero attached hydrogens (tertiary/aromatic N) is 6. The summed E-state index contributed by atoms with van der Waals surface area (Å²) in [6, 6.07) is 18.2. The van der Waals surface area contributed by atoms with Crippen LogP contribution in [0.5, 0.6) is 11.5 Å². The first-order valence-corrected chi connectivity index (χ1v) is 16.0. The van der Waals surface area contributed by atoms with E-state index < -0.39 is 45.7 Å². The molecular formula is C36H32N6O11. The van der Waals surface area contributed by atoms with Gasteiger partial charge in [-0.2, -0.15) is 0 Å². The fourth-order valence-electron chi connectivity index (χ4n) is 5.04. The van der Waals surface area contributed by atoms with Gasteiger partial charge in [-0.1, -0.05) is 60.7 Å². The highest BCUT2D eigenvalue weighted by molar-refractivity contribution is 6.03. The Morgan fingerprint density at radius 2 is 1.11 bits per heavy atom. The van der Waals surface area contributed by atoms with Crippen molar-refractivity contribution < 1.29 is 43.7 Å². The topological polar surface area (TPSA) is 224 Å². The van der Waals surface area contributed by atoms with Crippen molar-refractivity contribution in [3.63, 3.8) is 0 Å². The number of hydrogen-bond donors (Lipinski definition) is 2. The predicted molar refractivity (Wildman–Crippen MR) is 186 cm³/mol. The molecule has 6 rings (SSSR count). The molecule has 0 spiro atoms. The van der Waals surface area contributed by atoms with Crippen LogP contribution < -0.4 is 20.8 Å². The van der Waals surface area contributed by atoms with Gasteiger partial charge in [-0.25, -0.2) is 29.5 Å². The van der Waals surface area contributed by atoms with Gasteiger partial charge < -0.3 is 29.4 Å². The lowest BCUT2D eigenvalue weighted by Gasteiger charge is -2.15. The Bertz CT molecular complexity index is 2420. The van der Waals surface area contributed by atoms with E-state index in [4.69, 9.17) is 19.1 Å². The molecule has 17 heteroatoms. The molecule has 4 aromatic heterocycles. The minimum atomic E-state index is -1.04. The summed E-state index contributed by atoms with van der Waals surface area (Å²) in [4.78, 5) is 88.1. The average Bonchev–Trinajstić information content (AvgIpc) is 3.15. The number of aldehydes is 1. The van der Waals surface area contributed by atoms with Gasteiger partial charge in [-0.3, -0.25) is 14.4 Å². The number of carbonyl (C=O) groups excluding carboxylic acids is 3. The Labute approximate surface area is 299 Å². The zero-order valence-electron chi connectivity index (χ0n) is 28.6. The Hall–Kier alpha value is -7.17. The zero-order valence-corrected chi connectivity index (χ0v) is 28.6. The molecule has 53 heavy (non-hydrogen) atoms. The summed E-state index contributed by atoms with van der Waals surface area (Å²) in [5.41, 5.74) is -1.25. The standard InChI is InChI=1S/C18H15N3O6.C18H17N3O5/c1-2-26-18(25)14-15(23)13-12(8-22)19-10-20-16(13)21(17(14)24)27-9-11-6-4-3-5-7-11;1-3-25-18(24)14-15(22)13-11(2)19-10-20-16(13)21(17(14)23)26-9-12-7-5-4-6-8-12/h3-8,10,23H,2,9H2,1H3;4-8,10,22H,3,9H2,1-2H3. The van der Waals surface area contributed by atoms with Crippen molar-refractivity contribution in [3.8, 4) is 11.5 Å². The van der Waals surface area contributed by atoms with Crippen LogP contribution in [-0.2, 0) is 22.7 Å². The molecule has 0 bridgehead atoms. The average molecular weight is 725 g/mol. The van der Waals surface area contributed by atoms with Crippen LogP contribution in [0.3, 0.4) is 0 Å². The van der Waals surface area contributed by atoms with Crippen LogP contribution in [0.25, 0.3) is 22.1 Å². The van der Waals surface area contributed by atoms with E-state index in [-0.39, 0.29) is 54.2 Å². The van der Waals surface area contributed by atoms with Crippen molar-refractivity contribution in [1.82, 2.24) is 29.4 Å². The molecule has 0 saturated heterocycles. The van der Waals surface area contributed by atoms with Crippen LogP contribution in [0.1, 0.15) is 61.9 Å². The van der Waals surface area contributed by atoms with Crippen LogP contribution in [0, 0.1) is 6.92 Å². The maximum atomic E-state index is 12.8. The smallest absolute Gasteiger partial charge is 0.347 e. The molecule has 2 N–H and O–H groups in total. The quantitative estimate of drug-likeness (QED) is 0.145. The van der Waals surface area contributed by atoms with Gasteiger partial charge in [-0.15, -0.1) is 9.46 Å². The number of pyridine rings is 2. The third-order valence-corrected chi connectivity index (χ3v) is 7.48. The maximum absolute atomic E-state index is 12.8. The number of carbonyl (C=O) groups is 3. The van der Waals surface area contributed by atoms with Gasteiger partial charge in [0.15, 0.2) is 28.7 Å². The van der Waals surface area contributed by atoms with E-state index in [0.717, 1.165) is 26.9 Å². The van der Waals surface area contributed by atoms with E-state index in [9.17, 15) is 34.2 Å². The highest BCUT2D eigenvalue weighted by atomic mass is 16.7. The molecule has 0 radical (unpaired) electrons. The summed E-state index contributed by atoms with van der Waals surface area (Å²) in [7, 11) is 0. The number of aromatic nitrogens is 6. The van der Waals surface area contributed by atoms with Crippen molar-refractivity contribution in [2.45, 2.75) is 34.0 Å². The maximum Gasteiger partial charge on any atom is 0.347 e. The number of hydrogen-bond acceptors (Lipinski definition) is 15. The van der Waals surface area contributed by atoms with E-state index in [1.165, 1.54) is 6.33 Å². The highest BCUT2D eigenvalue weighted by Gasteiger charge is 2.28. The molecule has 0 saturated carbocycles. The van der Waals surface area contributed by atoms with Gasteiger partial charge in [-0.05, 0) is 31.9 Å². The summed E-state index contributed by atoms with van der Waals surface area (Å²) in [5, 5.41) is 20.9. The van der Waals surface area contributed by atoms with Gasteiger partial charge in [0.2, 0.25) is 0 Å². The van der Waals surface area contributed by atoms with Crippen LogP contribution >= 0.6 is 0 Å². The fraction of sp³-hybridized carbons (Fsp3) is 0.194. The van der Waals surface area contributed by atoms with E-state index >= 15 is 0 Å². The van der Waals surface area contributed by atoms with Crippen molar-refractivity contribution in [2.24, 2.45) is 0 Å². The van der Waals surface area contributed by atoms with Crippen molar-refractivity contribution in [2.75, 3.05) is 13.2 Å². The highest BCUT2D eigenvalue weighted by Crippen LogP contribution is 2.28. The molecule has 4 heterocycles. The number of ether oxygens (including phenoxy) is 2. The predicted octanol–water partition coefficient (Wildman–Crippen LogP) is 2.73. The fourth-order valence-corrected chi connectivity index (χ4v) is 5.04. The third kappa shape index (κ3) is 7.78. The first kappa shape index (κ1) is 37.1. The summed E-state index contributed by atoms with van der Waals surface area (Å²) in [6.07, 6.45) is 2.69. The molecule has 0 aliphatic carbocycles. The van der Waals surface area contributed by atoms with Crippen molar-refractivity contribution in [3.05, 3.63) is 128 Å². The SMILES string of the molecule is CCOC(=O)c1c(O)c2c(C)ncnc2n(OCc2ccccc2)c1=O.CCOC(=O)c1c(O)c2c(C=O)ncnc2n(OCc2ccccc2)c1=O. The lowest BCUT2D eigenvalue weighted by atomic mass is 10.1. The summed E-state index contributed by atoms with van der Waals surface area (Å²) < 4.78 is 11.4. The third-order valence-electron chi connectivity index (χ3n) is 7.48. The van der Waals surface area contributed by atoms with Gasteiger partial charge in [0.05, 0.1) is 29.7 Å². The molecule has 2 aromatic carbocycles. The second-order valence-corrected chi connectivity index (χ2v) is 10.8. The first-order chi connectivity index (χ1) is 25.6. The zero-order chi connectivity index (χ0) is 38.1. The Kier molecular flexibility index (Phi) is 11.7. The first-order valence-electron chi connectivity index (χ1n) is 16.0. The minimum Gasteiger partial charge on any atom is -0.506 e. The van der Waals surface area contributed by atoms with Crippen LogP contribution in [0.15, 0.2) is 82.9 Å². The van der Waals surface area contributed by atoms with Gasteiger partial charge in [0.1, 0.15) is 43.1 Å². The van der Waals surface area contributed by atoms with Crippen LogP contribution in [0.4, 0.5) is 0 Å². The lowest BCUT2D eigenvalue weighted by molar-refractivity contribution is 0.0498. The number of fused-ring (bicyclic) bond motifs is 2. The minimum absolute atomic E-state index is 0.00749. The van der Waals surface area contributed by atoms with E-state index in [1.807, 2.05) is 36.4 Å². The van der Waals surface area contributed by atoms with Gasteiger partial charge in [0, 0.05) is 0 Å². The van der Waals surface area contributed by atoms with Gasteiger partial charge in [0.25, 0.3) is 0 Å². The summed E-state index contributed by atoms with van der Waals surface area (Å²) in [6.45, 7) is 4.91. The van der Waals surface area contributed by atoms with Crippen molar-refractivity contribution in [1.29, 1.82) is 0 Å². The Balaban J connectivity index is 0.000000204. The summed E-state index contributed by atoms with van der Waals surface area (Å²) in [5.74, 6) is -3.21. The molecule has 17 nitrogen and oxygen atoms in total. The molecule has 0 fully saturated rings. The van der Waals surface area contributed by atoms with E-state index in [1.54, 1.807) is 45.0 Å². The molecule has 272 valence electrons. The largest absolute Gasteiger partial charge is 0.506 e. The van der Waals surface area contributed by atoms with Crippen LogP contribution in [0.2, 0.25) is 0 Å². The van der Waals surface area contributed by atoms with E-state index in [0.29, 0.717) is 12.0 Å². The number of aryl methyl sites for hydroxylation is 1. The molecule has 6 aromatic rings. The Morgan fingerprint density at radius 1 is 0.679 bits per heavy atom. The number of benzene rings is 2. The van der Waals surface area contributed by atoms with Crippen LogP contribution in [-0.4, -0.2) is 71.0 Å². The lowest BCUT2D eigenvalue weighted by Crippen LogP contribution is -2.33. The molecule has 0 aliphatic heterocycles. The molecule has 0 unspecified atom stereocenters. The molecule has 0 atom stereocenters. The molecule has 0 aliphatic rings. The normalized spacial score (nSPS) is 10.6. The van der Waals surface area contributed by atoms with Gasteiger partial charge >= 0.3 is 23.1 Å². The Morgan fingerprint density at radius 3 is 1.57 bits per heavy atom. The van der Waals surface area contributed by atoms with E-state index in [2.05, 4.69) is 19.9 Å². The summed E-state index contributed by atoms with van der Waals surface area (Å²) >= 11 is 0. The molecule has 0 amide bonds. The number of rotatable bonds is 11. The second kappa shape index (κ2) is 16.7. The number of aromatic hydroxyl groups is 2. The second-order valence-electron chi connectivity index (χ2n) is 10.8. The molecular weight excluding hydrogens is 692 g/mol. The monoisotopic (exact) mass is 724 g/mol.